The summed E-state index contributed by atoms with van der Waals surface area (Å²) in [5.41, 5.74) is 0.963. The summed E-state index contributed by atoms with van der Waals surface area (Å²) in [4.78, 5) is 66.3. The zero-order valence-corrected chi connectivity index (χ0v) is 34.9. The van der Waals surface area contributed by atoms with E-state index in [4.69, 9.17) is 0 Å². The number of carbonyl (C=O) groups is 4. The zero-order chi connectivity index (χ0) is 39.9. The number of likely N-dealkylation sites (N-methyl/N-ethyl adjacent to an activating group) is 1. The fourth-order valence-electron chi connectivity index (χ4n) is 8.60. The molecular formula is C43H73N7O5. The molecule has 4 rings (SSSR count). The molecule has 55 heavy (non-hydrogen) atoms. The number of urea groups is 1. The lowest BCUT2D eigenvalue weighted by atomic mass is 9.81. The second-order valence-corrected chi connectivity index (χ2v) is 17.1. The molecule has 0 radical (unpaired) electrons. The number of hydrogen-bond acceptors (Lipinski definition) is 7. The molecule has 0 bridgehead atoms. The van der Waals surface area contributed by atoms with E-state index < -0.39 is 30.1 Å². The average molecular weight is 768 g/mol. The summed E-state index contributed by atoms with van der Waals surface area (Å²) in [6.07, 6.45) is 8.89. The molecule has 2 heterocycles. The van der Waals surface area contributed by atoms with Crippen molar-refractivity contribution >= 4 is 23.8 Å². The number of aliphatic hydroxyl groups is 1. The van der Waals surface area contributed by atoms with E-state index in [-0.39, 0.29) is 42.6 Å². The Balaban J connectivity index is 1.55. The fraction of sp³-hybridized carbons (Fsp3) is 0.767. The van der Waals surface area contributed by atoms with Crippen molar-refractivity contribution in [2.24, 2.45) is 17.8 Å². The molecule has 3 fully saturated rings. The minimum absolute atomic E-state index is 0.0101. The highest BCUT2D eigenvalue weighted by Gasteiger charge is 2.44. The van der Waals surface area contributed by atoms with Crippen molar-refractivity contribution in [1.29, 1.82) is 0 Å². The number of benzene rings is 1. The highest BCUT2D eigenvalue weighted by atomic mass is 16.3. The minimum atomic E-state index is -0.919. The smallest absolute Gasteiger partial charge is 0.320 e. The highest BCUT2D eigenvalue weighted by molar-refractivity contribution is 5.93. The molecule has 1 saturated carbocycles. The molecular weight excluding hydrogens is 695 g/mol. The standard InChI is InChI=1S/C43H73N7O5/c1-7-8-20-37(49-27-28-50(43(55)48-25-23-47(6)24-26-48)38(42(49)54)30-34-18-13-10-14-19-34)41(53)45-36(29-33-16-11-9-12-17-33)39(51)31-35(32(2)3)40(52)44-21-15-22-46(4)5/h10,13-14,18-19,32-33,35-39,51H,7-9,11-12,15-17,20-31H2,1-6H3,(H,44,52)(H,45,53)/t35-,36-,37+,38-,39-/m0/s1. The molecule has 5 amide bonds. The Hall–Kier alpha value is -3.22. The van der Waals surface area contributed by atoms with Gasteiger partial charge in [-0.05, 0) is 70.8 Å². The van der Waals surface area contributed by atoms with Crippen molar-refractivity contribution in [3.05, 3.63) is 35.9 Å². The molecule has 2 aliphatic heterocycles. The van der Waals surface area contributed by atoms with Crippen molar-refractivity contribution in [2.75, 3.05) is 73.5 Å². The molecule has 1 aliphatic carbocycles. The summed E-state index contributed by atoms with van der Waals surface area (Å²) < 4.78 is 0. The largest absolute Gasteiger partial charge is 0.391 e. The summed E-state index contributed by atoms with van der Waals surface area (Å²) in [5, 5.41) is 18.3. The van der Waals surface area contributed by atoms with Gasteiger partial charge in [0, 0.05) is 58.2 Å². The number of hydrogen-bond donors (Lipinski definition) is 3. The predicted octanol–water partition coefficient (Wildman–Crippen LogP) is 4.21. The number of unbranched alkanes of at least 4 members (excludes halogenated alkanes) is 1. The number of rotatable bonds is 19. The van der Waals surface area contributed by atoms with Crippen LogP contribution < -0.4 is 10.6 Å². The van der Waals surface area contributed by atoms with E-state index in [1.807, 2.05) is 63.2 Å². The lowest BCUT2D eigenvalue weighted by Crippen LogP contribution is -2.66. The highest BCUT2D eigenvalue weighted by Crippen LogP contribution is 2.30. The van der Waals surface area contributed by atoms with Gasteiger partial charge in [-0.1, -0.05) is 96.0 Å². The van der Waals surface area contributed by atoms with Crippen LogP contribution >= 0.6 is 0 Å². The van der Waals surface area contributed by atoms with Crippen molar-refractivity contribution < 1.29 is 24.3 Å². The van der Waals surface area contributed by atoms with Crippen LogP contribution in [0.3, 0.4) is 0 Å². The molecule has 0 aromatic heterocycles. The van der Waals surface area contributed by atoms with E-state index in [0.717, 1.165) is 70.1 Å². The van der Waals surface area contributed by atoms with Crippen LogP contribution in [-0.2, 0) is 20.8 Å². The van der Waals surface area contributed by atoms with Crippen LogP contribution in [0.2, 0.25) is 0 Å². The maximum atomic E-state index is 14.7. The molecule has 5 atom stereocenters. The van der Waals surface area contributed by atoms with Crippen LogP contribution in [0.25, 0.3) is 0 Å². The van der Waals surface area contributed by atoms with Crippen LogP contribution in [0.15, 0.2) is 30.3 Å². The van der Waals surface area contributed by atoms with Gasteiger partial charge in [-0.2, -0.15) is 0 Å². The third-order valence-electron chi connectivity index (χ3n) is 12.1. The van der Waals surface area contributed by atoms with Gasteiger partial charge in [-0.3, -0.25) is 14.4 Å². The maximum absolute atomic E-state index is 14.7. The van der Waals surface area contributed by atoms with Gasteiger partial charge in [0.15, 0.2) is 0 Å². The molecule has 12 heteroatoms. The van der Waals surface area contributed by atoms with Crippen LogP contribution in [0.1, 0.15) is 97.0 Å². The molecule has 310 valence electrons. The lowest BCUT2D eigenvalue weighted by molar-refractivity contribution is -0.149. The first-order valence-electron chi connectivity index (χ1n) is 21.4. The van der Waals surface area contributed by atoms with Gasteiger partial charge in [0.25, 0.3) is 0 Å². The Morgan fingerprint density at radius 3 is 2.25 bits per heavy atom. The van der Waals surface area contributed by atoms with Gasteiger partial charge in [-0.25, -0.2) is 4.79 Å². The first-order valence-corrected chi connectivity index (χ1v) is 21.4. The quantitative estimate of drug-likeness (QED) is 0.180. The summed E-state index contributed by atoms with van der Waals surface area (Å²) in [6, 6.07) is 7.68. The summed E-state index contributed by atoms with van der Waals surface area (Å²) >= 11 is 0. The van der Waals surface area contributed by atoms with Gasteiger partial charge >= 0.3 is 6.03 Å². The lowest BCUT2D eigenvalue weighted by Gasteiger charge is -2.46. The third-order valence-corrected chi connectivity index (χ3v) is 12.1. The minimum Gasteiger partial charge on any atom is -0.391 e. The summed E-state index contributed by atoms with van der Waals surface area (Å²) in [6.45, 7) is 11.0. The average Bonchev–Trinajstić information content (AvgIpc) is 3.17. The molecule has 12 nitrogen and oxygen atoms in total. The first kappa shape index (κ1) is 44.5. The normalized spacial score (nSPS) is 21.1. The van der Waals surface area contributed by atoms with Crippen LogP contribution in [0, 0.1) is 17.8 Å². The molecule has 1 aromatic rings. The third kappa shape index (κ3) is 13.5. The molecule has 3 aliphatic rings. The summed E-state index contributed by atoms with van der Waals surface area (Å²) in [7, 11) is 6.08. The van der Waals surface area contributed by atoms with Crippen molar-refractivity contribution in [1.82, 2.24) is 35.1 Å². The Bertz CT molecular complexity index is 1330. The van der Waals surface area contributed by atoms with E-state index in [0.29, 0.717) is 51.4 Å². The Morgan fingerprint density at radius 1 is 0.927 bits per heavy atom. The van der Waals surface area contributed by atoms with Crippen LogP contribution in [-0.4, -0.2) is 151 Å². The van der Waals surface area contributed by atoms with Gasteiger partial charge in [0.05, 0.1) is 12.1 Å². The SMILES string of the molecule is CCCC[C@H](C(=O)N[C@@H](CC1CCCCC1)[C@@H](O)C[C@H](C(=O)NCCCN(C)C)C(C)C)N1CCN(C(=O)N2CCN(C)CC2)[C@@H](Cc2ccccc2)C1=O. The molecule has 2 saturated heterocycles. The van der Waals surface area contributed by atoms with E-state index >= 15 is 0 Å². The second-order valence-electron chi connectivity index (χ2n) is 17.1. The zero-order valence-electron chi connectivity index (χ0n) is 34.9. The second kappa shape index (κ2) is 22.5. The number of nitrogens with zero attached hydrogens (tertiary/aromatic N) is 5. The topological polar surface area (TPSA) is 129 Å². The van der Waals surface area contributed by atoms with E-state index in [1.54, 1.807) is 9.80 Å². The number of amides is 5. The number of carbonyl (C=O) groups excluding carboxylic acids is 4. The van der Waals surface area contributed by atoms with Gasteiger partial charge in [0.2, 0.25) is 17.7 Å². The first-order chi connectivity index (χ1) is 26.4. The number of aliphatic hydroxyl groups excluding tert-OH is 1. The molecule has 1 aromatic carbocycles. The van der Waals surface area contributed by atoms with Gasteiger partial charge in [0.1, 0.15) is 12.1 Å². The molecule has 0 spiro atoms. The van der Waals surface area contributed by atoms with E-state index in [1.165, 1.54) is 6.42 Å². The Morgan fingerprint density at radius 2 is 1.62 bits per heavy atom. The van der Waals surface area contributed by atoms with Crippen molar-refractivity contribution in [3.8, 4) is 0 Å². The predicted molar refractivity (Wildman–Crippen MR) is 218 cm³/mol. The van der Waals surface area contributed by atoms with E-state index in [9.17, 15) is 24.3 Å². The van der Waals surface area contributed by atoms with Gasteiger partial charge < -0.3 is 40.2 Å². The maximum Gasteiger partial charge on any atom is 0.320 e. The van der Waals surface area contributed by atoms with E-state index in [2.05, 4.69) is 34.4 Å². The number of nitrogens with one attached hydrogen (secondary N) is 2. The van der Waals surface area contributed by atoms with Crippen LogP contribution in [0.4, 0.5) is 4.79 Å². The van der Waals surface area contributed by atoms with Crippen molar-refractivity contribution in [2.45, 2.75) is 122 Å². The molecule has 3 N–H and O–H groups in total. The Labute approximate surface area is 331 Å². The van der Waals surface area contributed by atoms with Crippen LogP contribution in [0.5, 0.6) is 0 Å². The van der Waals surface area contributed by atoms with Gasteiger partial charge in [-0.15, -0.1) is 0 Å². The van der Waals surface area contributed by atoms with Crippen molar-refractivity contribution in [3.63, 3.8) is 0 Å². The Kier molecular flexibility index (Phi) is 18.2. The summed E-state index contributed by atoms with van der Waals surface area (Å²) in [5.74, 6) is -0.535. The number of piperazine rings is 2. The monoisotopic (exact) mass is 768 g/mol. The fourth-order valence-corrected chi connectivity index (χ4v) is 8.60. The molecule has 0 unspecified atom stereocenters.